The van der Waals surface area contributed by atoms with Gasteiger partial charge in [0.05, 0.1) is 11.3 Å². The number of aryl methyl sites for hydroxylation is 1. The Hall–Kier alpha value is -2.11. The smallest absolute Gasteiger partial charge is 0.354 e. The molecule has 0 saturated carbocycles. The van der Waals surface area contributed by atoms with Crippen LogP contribution in [0.25, 0.3) is 11.3 Å². The first-order valence-electron chi connectivity index (χ1n) is 6.17. The van der Waals surface area contributed by atoms with Crippen molar-refractivity contribution in [2.75, 3.05) is 11.9 Å². The molecule has 1 N–H and O–H groups in total. The third-order valence-corrected chi connectivity index (χ3v) is 2.70. The van der Waals surface area contributed by atoms with Gasteiger partial charge in [0.1, 0.15) is 0 Å². The molecule has 1 aromatic carbocycles. The lowest BCUT2D eigenvalue weighted by Gasteiger charge is -2.09. The summed E-state index contributed by atoms with van der Waals surface area (Å²) < 4.78 is 37.5. The molecule has 0 spiro atoms. The SMILES string of the molecule is CCNc1nc(C)cc(-c2ccc(C(F)(F)F)cc2)n1. The topological polar surface area (TPSA) is 37.8 Å². The molecule has 0 unspecified atom stereocenters. The van der Waals surface area contributed by atoms with E-state index in [1.165, 1.54) is 12.1 Å². The fourth-order valence-electron chi connectivity index (χ4n) is 1.78. The van der Waals surface area contributed by atoms with Crippen molar-refractivity contribution in [3.63, 3.8) is 0 Å². The molecule has 0 saturated heterocycles. The Labute approximate surface area is 114 Å². The Morgan fingerprint density at radius 1 is 1.10 bits per heavy atom. The molecular weight excluding hydrogens is 267 g/mol. The van der Waals surface area contributed by atoms with Crippen molar-refractivity contribution in [2.45, 2.75) is 20.0 Å². The quantitative estimate of drug-likeness (QED) is 0.927. The van der Waals surface area contributed by atoms with E-state index in [4.69, 9.17) is 0 Å². The molecule has 1 aromatic heterocycles. The maximum Gasteiger partial charge on any atom is 0.416 e. The number of aromatic nitrogens is 2. The van der Waals surface area contributed by atoms with Crippen LogP contribution in [0.15, 0.2) is 30.3 Å². The highest BCUT2D eigenvalue weighted by Crippen LogP contribution is 2.30. The fraction of sp³-hybridized carbons (Fsp3) is 0.286. The summed E-state index contributed by atoms with van der Waals surface area (Å²) in [6.07, 6.45) is -4.32. The van der Waals surface area contributed by atoms with Crippen molar-refractivity contribution < 1.29 is 13.2 Å². The number of alkyl halides is 3. The fourth-order valence-corrected chi connectivity index (χ4v) is 1.78. The van der Waals surface area contributed by atoms with Gasteiger partial charge in [0.15, 0.2) is 0 Å². The van der Waals surface area contributed by atoms with Crippen molar-refractivity contribution >= 4 is 5.95 Å². The van der Waals surface area contributed by atoms with Crippen molar-refractivity contribution in [1.29, 1.82) is 0 Å². The second-order valence-corrected chi connectivity index (χ2v) is 4.32. The van der Waals surface area contributed by atoms with E-state index in [0.717, 1.165) is 17.8 Å². The predicted molar refractivity (Wildman–Crippen MR) is 71.4 cm³/mol. The molecule has 0 aliphatic rings. The lowest BCUT2D eigenvalue weighted by atomic mass is 10.1. The van der Waals surface area contributed by atoms with Crippen LogP contribution in [0.4, 0.5) is 19.1 Å². The number of benzene rings is 1. The molecule has 3 nitrogen and oxygen atoms in total. The third-order valence-electron chi connectivity index (χ3n) is 2.70. The zero-order valence-corrected chi connectivity index (χ0v) is 11.1. The van der Waals surface area contributed by atoms with Crippen molar-refractivity contribution in [1.82, 2.24) is 9.97 Å². The summed E-state index contributed by atoms with van der Waals surface area (Å²) in [7, 11) is 0. The second-order valence-electron chi connectivity index (χ2n) is 4.32. The van der Waals surface area contributed by atoms with Gasteiger partial charge in [-0.2, -0.15) is 13.2 Å². The van der Waals surface area contributed by atoms with Gasteiger partial charge in [-0.05, 0) is 32.0 Å². The summed E-state index contributed by atoms with van der Waals surface area (Å²) in [5.41, 5.74) is 1.31. The van der Waals surface area contributed by atoms with E-state index in [2.05, 4.69) is 15.3 Å². The average Bonchev–Trinajstić information content (AvgIpc) is 2.37. The monoisotopic (exact) mass is 281 g/mol. The van der Waals surface area contributed by atoms with E-state index in [1.807, 2.05) is 13.8 Å². The summed E-state index contributed by atoms with van der Waals surface area (Å²) in [6.45, 7) is 4.41. The van der Waals surface area contributed by atoms with Crippen LogP contribution in [0.2, 0.25) is 0 Å². The van der Waals surface area contributed by atoms with E-state index in [9.17, 15) is 13.2 Å². The van der Waals surface area contributed by atoms with Gasteiger partial charge >= 0.3 is 6.18 Å². The van der Waals surface area contributed by atoms with Crippen LogP contribution in [0, 0.1) is 6.92 Å². The normalized spacial score (nSPS) is 11.4. The molecule has 2 aromatic rings. The predicted octanol–water partition coefficient (Wildman–Crippen LogP) is 3.90. The molecule has 0 amide bonds. The molecule has 0 aliphatic heterocycles. The van der Waals surface area contributed by atoms with Crippen LogP contribution in [0.5, 0.6) is 0 Å². The van der Waals surface area contributed by atoms with Gasteiger partial charge in [0.2, 0.25) is 5.95 Å². The first-order valence-corrected chi connectivity index (χ1v) is 6.17. The minimum Gasteiger partial charge on any atom is -0.354 e. The van der Waals surface area contributed by atoms with Crippen LogP contribution in [-0.4, -0.2) is 16.5 Å². The van der Waals surface area contributed by atoms with Gasteiger partial charge in [0, 0.05) is 17.8 Å². The largest absolute Gasteiger partial charge is 0.416 e. The van der Waals surface area contributed by atoms with E-state index < -0.39 is 11.7 Å². The van der Waals surface area contributed by atoms with Crippen LogP contribution >= 0.6 is 0 Å². The summed E-state index contributed by atoms with van der Waals surface area (Å²) in [5, 5.41) is 2.99. The van der Waals surface area contributed by atoms with Crippen molar-refractivity contribution in [3.05, 3.63) is 41.6 Å². The minimum atomic E-state index is -4.32. The first kappa shape index (κ1) is 14.3. The zero-order valence-electron chi connectivity index (χ0n) is 11.1. The van der Waals surface area contributed by atoms with Crippen molar-refractivity contribution in [3.8, 4) is 11.3 Å². The van der Waals surface area contributed by atoms with E-state index in [1.54, 1.807) is 6.07 Å². The maximum atomic E-state index is 12.5. The Kier molecular flexibility index (Phi) is 3.92. The number of rotatable bonds is 3. The molecule has 0 aliphatic carbocycles. The minimum absolute atomic E-state index is 0.474. The lowest BCUT2D eigenvalue weighted by Crippen LogP contribution is -2.05. The lowest BCUT2D eigenvalue weighted by molar-refractivity contribution is -0.137. The molecule has 0 bridgehead atoms. The molecule has 0 fully saturated rings. The first-order chi connectivity index (χ1) is 9.40. The van der Waals surface area contributed by atoms with Gasteiger partial charge in [-0.25, -0.2) is 9.97 Å². The Morgan fingerprint density at radius 3 is 2.30 bits per heavy atom. The number of hydrogen-bond acceptors (Lipinski definition) is 3. The van der Waals surface area contributed by atoms with Crippen molar-refractivity contribution in [2.24, 2.45) is 0 Å². The highest BCUT2D eigenvalue weighted by atomic mass is 19.4. The Morgan fingerprint density at radius 2 is 1.75 bits per heavy atom. The third kappa shape index (κ3) is 3.26. The van der Waals surface area contributed by atoms with Gasteiger partial charge in [-0.1, -0.05) is 12.1 Å². The number of anilines is 1. The Bertz CT molecular complexity index is 592. The Balaban J connectivity index is 2.36. The standard InChI is InChI=1S/C14H14F3N3/c1-3-18-13-19-9(2)8-12(20-13)10-4-6-11(7-5-10)14(15,16)17/h4-8H,3H2,1-2H3,(H,18,19,20). The molecule has 20 heavy (non-hydrogen) atoms. The summed E-state index contributed by atoms with van der Waals surface area (Å²) in [5.74, 6) is 0.474. The molecule has 106 valence electrons. The molecular formula is C14H14F3N3. The van der Waals surface area contributed by atoms with E-state index >= 15 is 0 Å². The highest BCUT2D eigenvalue weighted by Gasteiger charge is 2.30. The number of nitrogens with zero attached hydrogens (tertiary/aromatic N) is 2. The number of hydrogen-bond donors (Lipinski definition) is 1. The zero-order chi connectivity index (χ0) is 14.8. The number of nitrogens with one attached hydrogen (secondary N) is 1. The molecule has 0 atom stereocenters. The summed E-state index contributed by atoms with van der Waals surface area (Å²) in [4.78, 5) is 8.49. The van der Waals surface area contributed by atoms with Crippen LogP contribution in [0.1, 0.15) is 18.2 Å². The molecule has 1 heterocycles. The summed E-state index contributed by atoms with van der Waals surface area (Å²) in [6, 6.07) is 6.68. The van der Waals surface area contributed by atoms with E-state index in [-0.39, 0.29) is 0 Å². The molecule has 2 rings (SSSR count). The van der Waals surface area contributed by atoms with Gasteiger partial charge in [-0.15, -0.1) is 0 Å². The molecule has 0 radical (unpaired) electrons. The molecule has 6 heteroatoms. The van der Waals surface area contributed by atoms with Crippen LogP contribution < -0.4 is 5.32 Å². The summed E-state index contributed by atoms with van der Waals surface area (Å²) >= 11 is 0. The van der Waals surface area contributed by atoms with Crippen LogP contribution in [-0.2, 0) is 6.18 Å². The maximum absolute atomic E-state index is 12.5. The van der Waals surface area contributed by atoms with E-state index in [0.29, 0.717) is 23.8 Å². The highest BCUT2D eigenvalue weighted by molar-refractivity contribution is 5.61. The second kappa shape index (κ2) is 5.48. The number of halogens is 3. The average molecular weight is 281 g/mol. The van der Waals surface area contributed by atoms with Gasteiger partial charge in [0.25, 0.3) is 0 Å². The van der Waals surface area contributed by atoms with Gasteiger partial charge < -0.3 is 5.32 Å². The van der Waals surface area contributed by atoms with Crippen LogP contribution in [0.3, 0.4) is 0 Å². The van der Waals surface area contributed by atoms with Gasteiger partial charge in [-0.3, -0.25) is 0 Å².